The lowest BCUT2D eigenvalue weighted by Gasteiger charge is -2.16. The number of carbonyl (C=O) groups is 1. The Balaban J connectivity index is 1.86. The molecule has 0 bridgehead atoms. The third kappa shape index (κ3) is 3.53. The SMILES string of the molecule is CCOC(=O)CN(CC)Cc1nc(C2CC2)no1. The van der Waals surface area contributed by atoms with E-state index in [9.17, 15) is 4.79 Å². The topological polar surface area (TPSA) is 68.5 Å². The summed E-state index contributed by atoms with van der Waals surface area (Å²) >= 11 is 0. The minimum atomic E-state index is -0.221. The summed E-state index contributed by atoms with van der Waals surface area (Å²) in [6.45, 7) is 5.68. The van der Waals surface area contributed by atoms with Crippen molar-refractivity contribution in [3.05, 3.63) is 11.7 Å². The molecule has 1 fully saturated rings. The highest BCUT2D eigenvalue weighted by Crippen LogP contribution is 2.38. The first-order chi connectivity index (χ1) is 8.72. The lowest BCUT2D eigenvalue weighted by molar-refractivity contribution is -0.144. The van der Waals surface area contributed by atoms with E-state index in [1.54, 1.807) is 6.92 Å². The van der Waals surface area contributed by atoms with Gasteiger partial charge in [0.25, 0.3) is 0 Å². The standard InChI is InChI=1S/C12H19N3O3/c1-3-15(8-11(16)17-4-2)7-10-13-12(14-18-10)9-5-6-9/h9H,3-8H2,1-2H3. The van der Waals surface area contributed by atoms with Crippen molar-refractivity contribution in [1.82, 2.24) is 15.0 Å². The Labute approximate surface area is 106 Å². The van der Waals surface area contributed by atoms with Gasteiger partial charge in [0.2, 0.25) is 5.89 Å². The van der Waals surface area contributed by atoms with Gasteiger partial charge in [0, 0.05) is 5.92 Å². The van der Waals surface area contributed by atoms with E-state index in [0.29, 0.717) is 25.0 Å². The first-order valence-electron chi connectivity index (χ1n) is 6.43. The van der Waals surface area contributed by atoms with E-state index in [1.807, 2.05) is 11.8 Å². The van der Waals surface area contributed by atoms with Crippen LogP contribution in [0.3, 0.4) is 0 Å². The van der Waals surface area contributed by atoms with Crippen LogP contribution in [0.15, 0.2) is 4.52 Å². The molecule has 6 nitrogen and oxygen atoms in total. The van der Waals surface area contributed by atoms with Crippen LogP contribution in [0, 0.1) is 0 Å². The molecule has 6 heteroatoms. The molecule has 0 N–H and O–H groups in total. The first-order valence-corrected chi connectivity index (χ1v) is 6.43. The molecule has 0 atom stereocenters. The fourth-order valence-electron chi connectivity index (χ4n) is 1.70. The number of ether oxygens (including phenoxy) is 1. The van der Waals surface area contributed by atoms with Gasteiger partial charge in [-0.15, -0.1) is 0 Å². The Morgan fingerprint density at radius 3 is 2.89 bits per heavy atom. The molecule has 1 aliphatic rings. The van der Waals surface area contributed by atoms with Crippen molar-refractivity contribution in [2.24, 2.45) is 0 Å². The molecule has 0 spiro atoms. The van der Waals surface area contributed by atoms with Crippen LogP contribution in [-0.4, -0.2) is 40.7 Å². The zero-order valence-electron chi connectivity index (χ0n) is 10.9. The highest BCUT2D eigenvalue weighted by molar-refractivity contribution is 5.71. The molecule has 100 valence electrons. The maximum absolute atomic E-state index is 11.4. The molecule has 2 rings (SSSR count). The molecule has 0 unspecified atom stereocenters. The normalized spacial score (nSPS) is 15.1. The van der Waals surface area contributed by atoms with E-state index >= 15 is 0 Å². The molecule has 1 aromatic heterocycles. The number of esters is 1. The zero-order valence-corrected chi connectivity index (χ0v) is 10.9. The number of rotatable bonds is 7. The summed E-state index contributed by atoms with van der Waals surface area (Å²) < 4.78 is 10.1. The predicted octanol–water partition coefficient (Wildman–Crippen LogP) is 1.33. The van der Waals surface area contributed by atoms with Gasteiger partial charge in [-0.2, -0.15) is 4.98 Å². The van der Waals surface area contributed by atoms with E-state index < -0.39 is 0 Å². The maximum atomic E-state index is 11.4. The third-order valence-electron chi connectivity index (χ3n) is 2.89. The minimum absolute atomic E-state index is 0.221. The van der Waals surface area contributed by atoms with E-state index in [2.05, 4.69) is 10.1 Å². The van der Waals surface area contributed by atoms with Crippen molar-refractivity contribution in [2.75, 3.05) is 19.7 Å². The van der Waals surface area contributed by atoms with Gasteiger partial charge < -0.3 is 9.26 Å². The highest BCUT2D eigenvalue weighted by Gasteiger charge is 2.29. The molecule has 1 saturated carbocycles. The summed E-state index contributed by atoms with van der Waals surface area (Å²) in [5.74, 6) is 1.64. The Morgan fingerprint density at radius 1 is 1.50 bits per heavy atom. The highest BCUT2D eigenvalue weighted by atomic mass is 16.5. The molecule has 1 aliphatic carbocycles. The van der Waals surface area contributed by atoms with Crippen molar-refractivity contribution in [1.29, 1.82) is 0 Å². The van der Waals surface area contributed by atoms with Gasteiger partial charge in [0.15, 0.2) is 5.82 Å². The Hall–Kier alpha value is -1.43. The number of hydrogen-bond acceptors (Lipinski definition) is 6. The van der Waals surface area contributed by atoms with Crippen molar-refractivity contribution in [3.8, 4) is 0 Å². The number of nitrogens with zero attached hydrogens (tertiary/aromatic N) is 3. The molecule has 0 aliphatic heterocycles. The Morgan fingerprint density at radius 2 is 2.28 bits per heavy atom. The van der Waals surface area contributed by atoms with E-state index in [0.717, 1.165) is 25.2 Å². The number of aromatic nitrogens is 2. The zero-order chi connectivity index (χ0) is 13.0. The third-order valence-corrected chi connectivity index (χ3v) is 2.89. The lowest BCUT2D eigenvalue weighted by atomic mass is 10.4. The van der Waals surface area contributed by atoms with Crippen molar-refractivity contribution >= 4 is 5.97 Å². The lowest BCUT2D eigenvalue weighted by Crippen LogP contribution is -2.30. The quantitative estimate of drug-likeness (QED) is 0.683. The van der Waals surface area contributed by atoms with Gasteiger partial charge in [-0.25, -0.2) is 0 Å². The fraction of sp³-hybridized carbons (Fsp3) is 0.750. The Bertz CT molecular complexity index is 401. The van der Waals surface area contributed by atoms with Crippen LogP contribution in [0.1, 0.15) is 44.3 Å². The second kappa shape index (κ2) is 5.95. The van der Waals surface area contributed by atoms with Crippen molar-refractivity contribution < 1.29 is 14.1 Å². The molecule has 1 aromatic rings. The molecular formula is C12H19N3O3. The van der Waals surface area contributed by atoms with Gasteiger partial charge in [0.05, 0.1) is 19.7 Å². The Kier molecular flexibility index (Phi) is 4.30. The molecular weight excluding hydrogens is 234 g/mol. The first kappa shape index (κ1) is 13.0. The second-order valence-electron chi connectivity index (χ2n) is 4.43. The second-order valence-corrected chi connectivity index (χ2v) is 4.43. The predicted molar refractivity (Wildman–Crippen MR) is 63.9 cm³/mol. The van der Waals surface area contributed by atoms with Crippen LogP contribution in [0.2, 0.25) is 0 Å². The fourth-order valence-corrected chi connectivity index (χ4v) is 1.70. The molecule has 0 aromatic carbocycles. The summed E-state index contributed by atoms with van der Waals surface area (Å²) in [5, 5.41) is 3.95. The van der Waals surface area contributed by atoms with Gasteiger partial charge in [0.1, 0.15) is 0 Å². The van der Waals surface area contributed by atoms with Crippen molar-refractivity contribution in [3.63, 3.8) is 0 Å². The van der Waals surface area contributed by atoms with Gasteiger partial charge in [-0.1, -0.05) is 12.1 Å². The summed E-state index contributed by atoms with van der Waals surface area (Å²) in [7, 11) is 0. The smallest absolute Gasteiger partial charge is 0.320 e. The van der Waals surface area contributed by atoms with Gasteiger partial charge in [-0.3, -0.25) is 9.69 Å². The molecule has 1 heterocycles. The van der Waals surface area contributed by atoms with Crippen LogP contribution in [0.4, 0.5) is 0 Å². The molecule has 0 amide bonds. The average molecular weight is 253 g/mol. The van der Waals surface area contributed by atoms with Gasteiger partial charge in [-0.05, 0) is 26.3 Å². The van der Waals surface area contributed by atoms with Crippen LogP contribution in [-0.2, 0) is 16.1 Å². The summed E-state index contributed by atoms with van der Waals surface area (Å²) in [6, 6.07) is 0. The monoisotopic (exact) mass is 253 g/mol. The minimum Gasteiger partial charge on any atom is -0.465 e. The molecule has 18 heavy (non-hydrogen) atoms. The number of hydrogen-bond donors (Lipinski definition) is 0. The van der Waals surface area contributed by atoms with Gasteiger partial charge >= 0.3 is 5.97 Å². The van der Waals surface area contributed by atoms with Crippen LogP contribution in [0.25, 0.3) is 0 Å². The molecule has 0 radical (unpaired) electrons. The van der Waals surface area contributed by atoms with Crippen LogP contribution < -0.4 is 0 Å². The molecule has 0 saturated heterocycles. The number of likely N-dealkylation sites (N-methyl/N-ethyl adjacent to an activating group) is 1. The summed E-state index contributed by atoms with van der Waals surface area (Å²) in [4.78, 5) is 17.7. The maximum Gasteiger partial charge on any atom is 0.320 e. The number of carbonyl (C=O) groups excluding carboxylic acids is 1. The van der Waals surface area contributed by atoms with E-state index in [4.69, 9.17) is 9.26 Å². The average Bonchev–Trinajstić information content (AvgIpc) is 3.10. The summed E-state index contributed by atoms with van der Waals surface area (Å²) in [6.07, 6.45) is 2.30. The van der Waals surface area contributed by atoms with Crippen molar-refractivity contribution in [2.45, 2.75) is 39.2 Å². The van der Waals surface area contributed by atoms with Crippen LogP contribution in [0.5, 0.6) is 0 Å². The largest absolute Gasteiger partial charge is 0.465 e. The van der Waals surface area contributed by atoms with E-state index in [-0.39, 0.29) is 12.5 Å². The van der Waals surface area contributed by atoms with Crippen LogP contribution >= 0.6 is 0 Å². The summed E-state index contributed by atoms with van der Waals surface area (Å²) in [5.41, 5.74) is 0. The van der Waals surface area contributed by atoms with E-state index in [1.165, 1.54) is 0 Å².